The zero-order valence-corrected chi connectivity index (χ0v) is 27.8. The second-order valence-corrected chi connectivity index (χ2v) is 21.3. The van der Waals surface area contributed by atoms with Crippen LogP contribution in [0.4, 0.5) is 5.69 Å². The number of Topliss-reactive ketones (excluding diaryl/α,β-unsaturated/α-hetero) is 1. The number of piperidine rings is 1. The van der Waals surface area contributed by atoms with Gasteiger partial charge >= 0.3 is 0 Å². The molecule has 0 unspecified atom stereocenters. The van der Waals surface area contributed by atoms with Crippen molar-refractivity contribution in [2.24, 2.45) is 5.92 Å². The molecular formula is C32H46N4O5SSi. The summed E-state index contributed by atoms with van der Waals surface area (Å²) < 4.78 is 37.6. The molecule has 0 aliphatic carbocycles. The SMILES string of the molecule is C[Si](C)(C)CCOCn1c(-c2ccc(CN3CCC(S(C)(=O)=O)CC3)cc2)cc2c(C(=O)C3CCOCC3)c(N)cnc21. The van der Waals surface area contributed by atoms with Crippen LogP contribution in [0.15, 0.2) is 36.5 Å². The maximum absolute atomic E-state index is 13.7. The summed E-state index contributed by atoms with van der Waals surface area (Å²) in [6.45, 7) is 11.5. The lowest BCUT2D eigenvalue weighted by molar-refractivity contribution is 0.0546. The number of ether oxygens (including phenoxy) is 2. The number of nitrogens with zero attached hydrogens (tertiary/aromatic N) is 3. The van der Waals surface area contributed by atoms with Crippen LogP contribution < -0.4 is 5.73 Å². The molecule has 0 bridgehead atoms. The van der Waals surface area contributed by atoms with Gasteiger partial charge in [0.1, 0.15) is 22.2 Å². The maximum atomic E-state index is 13.7. The van der Waals surface area contributed by atoms with Crippen LogP contribution in [-0.4, -0.2) is 81.1 Å². The Labute approximate surface area is 256 Å². The first-order valence-corrected chi connectivity index (χ1v) is 21.0. The number of rotatable bonds is 11. The van der Waals surface area contributed by atoms with Crippen LogP contribution in [0.5, 0.6) is 0 Å². The average Bonchev–Trinajstić information content (AvgIpc) is 3.33. The maximum Gasteiger partial charge on any atom is 0.168 e. The Balaban J connectivity index is 1.42. The highest BCUT2D eigenvalue weighted by Gasteiger charge is 2.29. The van der Waals surface area contributed by atoms with Crippen molar-refractivity contribution in [2.45, 2.75) is 69.9 Å². The highest BCUT2D eigenvalue weighted by Crippen LogP contribution is 2.34. The number of likely N-dealkylation sites (tertiary alicyclic amines) is 1. The third-order valence-electron chi connectivity index (χ3n) is 8.80. The van der Waals surface area contributed by atoms with E-state index in [0.29, 0.717) is 69.1 Å². The van der Waals surface area contributed by atoms with E-state index in [9.17, 15) is 13.2 Å². The number of aromatic nitrogens is 2. The number of hydrogen-bond donors (Lipinski definition) is 1. The molecule has 9 nitrogen and oxygen atoms in total. The Morgan fingerprint density at radius 1 is 1.09 bits per heavy atom. The molecule has 0 amide bonds. The van der Waals surface area contributed by atoms with Crippen molar-refractivity contribution in [3.05, 3.63) is 47.7 Å². The predicted molar refractivity (Wildman–Crippen MR) is 175 cm³/mol. The molecule has 0 spiro atoms. The van der Waals surface area contributed by atoms with Crippen molar-refractivity contribution in [3.63, 3.8) is 0 Å². The van der Waals surface area contributed by atoms with Gasteiger partial charge in [0, 0.05) is 52.0 Å². The average molecular weight is 627 g/mol. The van der Waals surface area contributed by atoms with E-state index in [4.69, 9.17) is 20.2 Å². The van der Waals surface area contributed by atoms with E-state index in [0.717, 1.165) is 42.3 Å². The van der Waals surface area contributed by atoms with Crippen LogP contribution in [0.2, 0.25) is 25.7 Å². The van der Waals surface area contributed by atoms with Gasteiger partial charge < -0.3 is 19.8 Å². The summed E-state index contributed by atoms with van der Waals surface area (Å²) in [5.41, 5.74) is 11.2. The zero-order valence-electron chi connectivity index (χ0n) is 26.0. The van der Waals surface area contributed by atoms with E-state index in [1.54, 1.807) is 6.20 Å². The Morgan fingerprint density at radius 3 is 2.40 bits per heavy atom. The molecule has 2 aliphatic heterocycles. The van der Waals surface area contributed by atoms with Gasteiger partial charge in [0.15, 0.2) is 5.78 Å². The summed E-state index contributed by atoms with van der Waals surface area (Å²) in [6, 6.07) is 11.6. The fraction of sp³-hybridized carbons (Fsp3) is 0.562. The summed E-state index contributed by atoms with van der Waals surface area (Å²) in [5, 5.41) is 0.532. The largest absolute Gasteiger partial charge is 0.397 e. The lowest BCUT2D eigenvalue weighted by atomic mass is 9.89. The van der Waals surface area contributed by atoms with Crippen LogP contribution in [0, 0.1) is 5.92 Å². The molecule has 3 aromatic rings. The van der Waals surface area contributed by atoms with Gasteiger partial charge in [-0.1, -0.05) is 43.9 Å². The third kappa shape index (κ3) is 7.75. The molecule has 2 aromatic heterocycles. The molecule has 5 rings (SSSR count). The Kier molecular flexibility index (Phi) is 9.77. The fourth-order valence-corrected chi connectivity index (χ4v) is 7.91. The van der Waals surface area contributed by atoms with Crippen LogP contribution in [0.25, 0.3) is 22.3 Å². The van der Waals surface area contributed by atoms with E-state index >= 15 is 0 Å². The summed E-state index contributed by atoms with van der Waals surface area (Å²) in [7, 11) is -4.24. The number of nitrogens with two attached hydrogens (primary N) is 1. The van der Waals surface area contributed by atoms with E-state index in [2.05, 4.69) is 53.4 Å². The number of anilines is 1. The predicted octanol–water partition coefficient (Wildman–Crippen LogP) is 5.22. The molecule has 0 saturated carbocycles. The minimum atomic E-state index is -2.98. The van der Waals surface area contributed by atoms with Gasteiger partial charge in [-0.3, -0.25) is 9.69 Å². The monoisotopic (exact) mass is 626 g/mol. The van der Waals surface area contributed by atoms with E-state index < -0.39 is 17.9 Å². The van der Waals surface area contributed by atoms with Gasteiger partial charge in [0.05, 0.1) is 28.4 Å². The number of nitrogen functional groups attached to an aromatic ring is 1. The fourth-order valence-electron chi connectivity index (χ4n) is 6.09. The number of carbonyl (C=O) groups excluding carboxylic acids is 1. The number of fused-ring (bicyclic) bond motifs is 1. The van der Waals surface area contributed by atoms with Crippen LogP contribution in [0.1, 0.15) is 41.6 Å². The number of hydrogen-bond acceptors (Lipinski definition) is 8. The number of sulfone groups is 1. The third-order valence-corrected chi connectivity index (χ3v) is 12.2. The summed E-state index contributed by atoms with van der Waals surface area (Å²) in [6.07, 6.45) is 5.70. The van der Waals surface area contributed by atoms with Crippen molar-refractivity contribution in [1.29, 1.82) is 0 Å². The second-order valence-electron chi connectivity index (χ2n) is 13.4. The van der Waals surface area contributed by atoms with Gasteiger partial charge in [0.25, 0.3) is 0 Å². The standard InChI is InChI=1S/C32H46N4O5SSi/c1-42(38,39)26-9-13-35(14-10-26)21-23-5-7-24(8-6-23)29-19-27-30(31(37)25-11-15-40-16-12-25)28(33)20-34-32(27)36(29)22-41-17-18-43(2,3)4/h5-8,19-20,25-26H,9-18,21-22,33H2,1-4H3. The zero-order chi connectivity index (χ0) is 30.8. The molecule has 2 saturated heterocycles. The van der Waals surface area contributed by atoms with E-state index in [-0.39, 0.29) is 17.0 Å². The van der Waals surface area contributed by atoms with Gasteiger partial charge in [-0.2, -0.15) is 0 Å². The molecule has 43 heavy (non-hydrogen) atoms. The molecule has 0 atom stereocenters. The van der Waals surface area contributed by atoms with E-state index in [1.165, 1.54) is 11.8 Å². The first-order chi connectivity index (χ1) is 20.4. The number of ketones is 1. The molecule has 0 radical (unpaired) electrons. The normalized spacial score (nSPS) is 18.0. The quantitative estimate of drug-likeness (QED) is 0.175. The van der Waals surface area contributed by atoms with Crippen molar-refractivity contribution >= 4 is 40.4 Å². The van der Waals surface area contributed by atoms with Crippen LogP contribution >= 0.6 is 0 Å². The Morgan fingerprint density at radius 2 is 1.77 bits per heavy atom. The van der Waals surface area contributed by atoms with Crippen molar-refractivity contribution in [3.8, 4) is 11.3 Å². The molecule has 234 valence electrons. The molecule has 1 aromatic carbocycles. The minimum Gasteiger partial charge on any atom is -0.397 e. The lowest BCUT2D eigenvalue weighted by Gasteiger charge is -2.31. The Hall–Kier alpha value is -2.57. The van der Waals surface area contributed by atoms with Gasteiger partial charge in [-0.15, -0.1) is 0 Å². The van der Waals surface area contributed by atoms with Crippen molar-refractivity contribution in [2.75, 3.05) is 44.9 Å². The molecule has 2 aliphatic rings. The number of carbonyl (C=O) groups is 1. The minimum absolute atomic E-state index is 0.0616. The summed E-state index contributed by atoms with van der Waals surface area (Å²) in [4.78, 5) is 20.8. The van der Waals surface area contributed by atoms with Crippen LogP contribution in [0.3, 0.4) is 0 Å². The highest BCUT2D eigenvalue weighted by atomic mass is 32.2. The van der Waals surface area contributed by atoms with E-state index in [1.807, 2.05) is 6.07 Å². The highest BCUT2D eigenvalue weighted by molar-refractivity contribution is 7.91. The lowest BCUT2D eigenvalue weighted by Crippen LogP contribution is -2.38. The molecule has 2 fully saturated rings. The molecule has 2 N–H and O–H groups in total. The number of benzene rings is 1. The van der Waals surface area contributed by atoms with Crippen molar-refractivity contribution < 1.29 is 22.7 Å². The van der Waals surface area contributed by atoms with Crippen molar-refractivity contribution in [1.82, 2.24) is 14.5 Å². The second kappa shape index (κ2) is 13.2. The smallest absolute Gasteiger partial charge is 0.168 e. The molecular weight excluding hydrogens is 581 g/mol. The van der Waals surface area contributed by atoms with Crippen LogP contribution in [-0.2, 0) is 32.6 Å². The first-order valence-electron chi connectivity index (χ1n) is 15.4. The first kappa shape index (κ1) is 31.8. The number of pyridine rings is 1. The summed E-state index contributed by atoms with van der Waals surface area (Å²) in [5.74, 6) is -0.0465. The van der Waals surface area contributed by atoms with Gasteiger partial charge in [-0.25, -0.2) is 13.4 Å². The van der Waals surface area contributed by atoms with Gasteiger partial charge in [-0.05, 0) is 62.0 Å². The topological polar surface area (TPSA) is 117 Å². The van der Waals surface area contributed by atoms with Gasteiger partial charge in [0.2, 0.25) is 0 Å². The molecule has 11 heteroatoms. The summed E-state index contributed by atoms with van der Waals surface area (Å²) >= 11 is 0. The molecule has 4 heterocycles. The Bertz CT molecular complexity index is 1530.